The van der Waals surface area contributed by atoms with Crippen LogP contribution in [0.3, 0.4) is 0 Å². The van der Waals surface area contributed by atoms with Crippen molar-refractivity contribution in [3.63, 3.8) is 0 Å². The fourth-order valence-corrected chi connectivity index (χ4v) is 6.13. The first kappa shape index (κ1) is 29.3. The summed E-state index contributed by atoms with van der Waals surface area (Å²) < 4.78 is 33.8. The molecule has 216 valence electrons. The number of benzene rings is 3. The maximum atomic E-state index is 14.2. The van der Waals surface area contributed by atoms with Crippen LogP contribution in [-0.2, 0) is 21.7 Å². The first-order valence-corrected chi connectivity index (χ1v) is 14.3. The average Bonchev–Trinajstić information content (AvgIpc) is 2.95. The molecule has 2 atom stereocenters. The maximum Gasteiger partial charge on any atom is 0.414 e. The van der Waals surface area contributed by atoms with Crippen LogP contribution in [0.15, 0.2) is 60.7 Å². The Labute approximate surface area is 248 Å². The summed E-state index contributed by atoms with van der Waals surface area (Å²) in [6.45, 7) is 3.42. The lowest BCUT2D eigenvalue weighted by Gasteiger charge is -2.47. The Kier molecular flexibility index (Phi) is 8.55. The van der Waals surface area contributed by atoms with Crippen molar-refractivity contribution in [2.45, 2.75) is 50.3 Å². The molecule has 0 aromatic heterocycles. The molecule has 0 radical (unpaired) electrons. The van der Waals surface area contributed by atoms with E-state index in [9.17, 15) is 18.4 Å². The van der Waals surface area contributed by atoms with Crippen LogP contribution in [0.25, 0.3) is 0 Å². The molecule has 2 heterocycles. The molecule has 3 aromatic rings. The Morgan fingerprint density at radius 1 is 1.02 bits per heavy atom. The number of piperidine rings is 1. The summed E-state index contributed by atoms with van der Waals surface area (Å²) in [5.74, 6) is -1.49. The van der Waals surface area contributed by atoms with Gasteiger partial charge in [-0.3, -0.25) is 9.69 Å². The normalized spacial score (nSPS) is 18.0. The summed E-state index contributed by atoms with van der Waals surface area (Å²) in [4.78, 5) is 29.8. The third-order valence-electron chi connectivity index (χ3n) is 8.19. The summed E-state index contributed by atoms with van der Waals surface area (Å²) in [6, 6.07) is 15.7. The number of anilines is 1. The van der Waals surface area contributed by atoms with Gasteiger partial charge >= 0.3 is 6.09 Å². The molecule has 2 unspecified atom stereocenters. The smallest absolute Gasteiger partial charge is 0.414 e. The lowest BCUT2D eigenvalue weighted by Crippen LogP contribution is -2.52. The van der Waals surface area contributed by atoms with Gasteiger partial charge < -0.3 is 15.0 Å². The fraction of sp³-hybridized carbons (Fsp3) is 0.355. The van der Waals surface area contributed by atoms with Crippen molar-refractivity contribution in [3.05, 3.63) is 99.0 Å². The molecule has 2 aliphatic rings. The van der Waals surface area contributed by atoms with Crippen molar-refractivity contribution in [2.75, 3.05) is 25.0 Å². The van der Waals surface area contributed by atoms with E-state index < -0.39 is 17.6 Å². The zero-order valence-electron chi connectivity index (χ0n) is 22.8. The highest BCUT2D eigenvalue weighted by molar-refractivity contribution is 6.42. The van der Waals surface area contributed by atoms with Gasteiger partial charge in [0.05, 0.1) is 21.7 Å². The minimum atomic E-state index is -0.900. The van der Waals surface area contributed by atoms with Gasteiger partial charge in [0.1, 0.15) is 17.2 Å². The lowest BCUT2D eigenvalue weighted by molar-refractivity contribution is -0.123. The molecule has 3 aromatic carbocycles. The fourth-order valence-electron chi connectivity index (χ4n) is 5.83. The van der Waals surface area contributed by atoms with E-state index in [1.165, 1.54) is 29.2 Å². The Morgan fingerprint density at radius 3 is 2.46 bits per heavy atom. The van der Waals surface area contributed by atoms with Gasteiger partial charge in [0.25, 0.3) is 0 Å². The summed E-state index contributed by atoms with van der Waals surface area (Å²) >= 11 is 12.5. The lowest BCUT2D eigenvalue weighted by atomic mass is 9.81. The molecule has 6 nitrogen and oxygen atoms in total. The topological polar surface area (TPSA) is 61.9 Å². The predicted octanol–water partition coefficient (Wildman–Crippen LogP) is 7.03. The van der Waals surface area contributed by atoms with Crippen LogP contribution in [0, 0.1) is 11.6 Å². The second-order valence-corrected chi connectivity index (χ2v) is 11.6. The minimum Gasteiger partial charge on any atom is -0.437 e. The molecular formula is C31H31Cl2F2N3O3. The van der Waals surface area contributed by atoms with Crippen molar-refractivity contribution < 1.29 is 23.1 Å². The van der Waals surface area contributed by atoms with Gasteiger partial charge in [-0.2, -0.15) is 0 Å². The van der Waals surface area contributed by atoms with Gasteiger partial charge in [-0.05, 0) is 66.9 Å². The van der Waals surface area contributed by atoms with Crippen LogP contribution in [0.1, 0.15) is 48.8 Å². The Morgan fingerprint density at radius 2 is 1.76 bits per heavy atom. The highest BCUT2D eigenvalue weighted by Crippen LogP contribution is 2.46. The molecule has 1 fully saturated rings. The standard InChI is InChI=1S/C31H31Cl2F2N3O3/c1-19(38-12-10-31(11-13-38)25-17-23(35)7-9-28(25)37(2)30(40)41-31)14-24(21-6-8-26(32)27(33)16-21)29(39)36-18-20-4-3-5-22(34)15-20/h3-9,15-17,19,24H,10-14,18H2,1-2H3,(H,36,39). The molecule has 1 spiro atoms. The SMILES string of the molecule is CC(CC(C(=O)NCc1cccc(F)c1)c1ccc(Cl)c(Cl)c1)N1CCC2(CC1)OC(=O)N(C)c1ccc(F)cc12. The molecule has 41 heavy (non-hydrogen) atoms. The van der Waals surface area contributed by atoms with Gasteiger partial charge in [-0.25, -0.2) is 13.6 Å². The van der Waals surface area contributed by atoms with E-state index in [1.54, 1.807) is 43.4 Å². The summed E-state index contributed by atoms with van der Waals surface area (Å²) in [5, 5.41) is 3.69. The highest BCUT2D eigenvalue weighted by atomic mass is 35.5. The Bertz CT molecular complexity index is 1460. The summed E-state index contributed by atoms with van der Waals surface area (Å²) in [7, 11) is 1.62. The summed E-state index contributed by atoms with van der Waals surface area (Å²) in [6.07, 6.45) is 1.01. The Balaban J connectivity index is 1.32. The van der Waals surface area contributed by atoms with E-state index in [1.807, 2.05) is 0 Å². The monoisotopic (exact) mass is 601 g/mol. The minimum absolute atomic E-state index is 0.0272. The molecule has 0 aliphatic carbocycles. The van der Waals surface area contributed by atoms with Crippen LogP contribution in [0.4, 0.5) is 19.3 Å². The first-order valence-electron chi connectivity index (χ1n) is 13.5. The number of nitrogens with one attached hydrogen (secondary N) is 1. The van der Waals surface area contributed by atoms with E-state index in [0.29, 0.717) is 59.2 Å². The van der Waals surface area contributed by atoms with Crippen molar-refractivity contribution in [1.82, 2.24) is 10.2 Å². The Hall–Kier alpha value is -3.20. The van der Waals surface area contributed by atoms with E-state index in [2.05, 4.69) is 17.1 Å². The van der Waals surface area contributed by atoms with Gasteiger partial charge in [0.2, 0.25) is 5.91 Å². The van der Waals surface area contributed by atoms with Crippen molar-refractivity contribution in [3.8, 4) is 0 Å². The molecule has 2 amide bonds. The van der Waals surface area contributed by atoms with Crippen LogP contribution >= 0.6 is 23.2 Å². The average molecular weight is 603 g/mol. The second-order valence-electron chi connectivity index (χ2n) is 10.8. The van der Waals surface area contributed by atoms with E-state index in [-0.39, 0.29) is 30.1 Å². The van der Waals surface area contributed by atoms with E-state index in [4.69, 9.17) is 27.9 Å². The van der Waals surface area contributed by atoms with Crippen LogP contribution in [0.2, 0.25) is 10.0 Å². The number of rotatable bonds is 7. The number of carbonyl (C=O) groups excluding carboxylic acids is 2. The maximum absolute atomic E-state index is 14.2. The van der Waals surface area contributed by atoms with Gasteiger partial charge in [0, 0.05) is 51.1 Å². The molecule has 1 N–H and O–H groups in total. The quantitative estimate of drug-likeness (QED) is 0.316. The molecule has 10 heteroatoms. The zero-order valence-corrected chi connectivity index (χ0v) is 24.3. The first-order chi connectivity index (χ1) is 19.6. The second kappa shape index (κ2) is 12.0. The van der Waals surface area contributed by atoms with E-state index >= 15 is 0 Å². The number of amides is 2. The molecular weight excluding hydrogens is 571 g/mol. The number of carbonyl (C=O) groups is 2. The predicted molar refractivity (Wildman–Crippen MR) is 155 cm³/mol. The van der Waals surface area contributed by atoms with Gasteiger partial charge in [-0.15, -0.1) is 0 Å². The van der Waals surface area contributed by atoms with Crippen LogP contribution < -0.4 is 10.2 Å². The van der Waals surface area contributed by atoms with Crippen LogP contribution in [0.5, 0.6) is 0 Å². The van der Waals surface area contributed by atoms with Crippen LogP contribution in [-0.4, -0.2) is 43.1 Å². The third-order valence-corrected chi connectivity index (χ3v) is 8.93. The summed E-state index contributed by atoms with van der Waals surface area (Å²) in [5.41, 5.74) is 1.81. The van der Waals surface area contributed by atoms with Crippen molar-refractivity contribution in [1.29, 1.82) is 0 Å². The number of nitrogens with zero attached hydrogens (tertiary/aromatic N) is 2. The zero-order chi connectivity index (χ0) is 29.3. The number of hydrogen-bond acceptors (Lipinski definition) is 4. The number of halogens is 4. The largest absolute Gasteiger partial charge is 0.437 e. The molecule has 5 rings (SSSR count). The highest BCUT2D eigenvalue weighted by Gasteiger charge is 2.47. The number of fused-ring (bicyclic) bond motifs is 2. The van der Waals surface area contributed by atoms with Gasteiger partial charge in [-0.1, -0.05) is 41.4 Å². The molecule has 0 saturated carbocycles. The molecule has 1 saturated heterocycles. The molecule has 0 bridgehead atoms. The number of hydrogen-bond donors (Lipinski definition) is 1. The van der Waals surface area contributed by atoms with E-state index in [0.717, 1.165) is 5.56 Å². The number of ether oxygens (including phenoxy) is 1. The van der Waals surface area contributed by atoms with Crippen molar-refractivity contribution >= 4 is 40.9 Å². The number of likely N-dealkylation sites (tertiary alicyclic amines) is 1. The van der Waals surface area contributed by atoms with Gasteiger partial charge in [0.15, 0.2) is 0 Å². The van der Waals surface area contributed by atoms with Crippen molar-refractivity contribution in [2.24, 2.45) is 0 Å². The third kappa shape index (κ3) is 6.20. The molecule has 2 aliphatic heterocycles.